The Labute approximate surface area is 172 Å². The average Bonchev–Trinajstić information content (AvgIpc) is 3.15. The van der Waals surface area contributed by atoms with Crippen LogP contribution in [0.1, 0.15) is 11.3 Å². The van der Waals surface area contributed by atoms with Crippen molar-refractivity contribution >= 4 is 38.9 Å². The lowest BCUT2D eigenvalue weighted by molar-refractivity contribution is -0.120. The van der Waals surface area contributed by atoms with Crippen LogP contribution >= 0.6 is 22.9 Å². The van der Waals surface area contributed by atoms with Crippen LogP contribution in [0.15, 0.2) is 58.8 Å². The molecule has 3 aromatic rings. The van der Waals surface area contributed by atoms with Gasteiger partial charge in [-0.3, -0.25) is 4.79 Å². The van der Waals surface area contributed by atoms with Gasteiger partial charge in [0.25, 0.3) is 0 Å². The van der Waals surface area contributed by atoms with Gasteiger partial charge >= 0.3 is 0 Å². The van der Waals surface area contributed by atoms with Gasteiger partial charge in [0.05, 0.1) is 22.0 Å². The van der Waals surface area contributed by atoms with E-state index in [4.69, 9.17) is 11.6 Å². The predicted molar refractivity (Wildman–Crippen MR) is 111 cm³/mol. The molecule has 3 rings (SSSR count). The molecule has 1 amide bonds. The minimum atomic E-state index is -3.52. The van der Waals surface area contributed by atoms with E-state index in [1.54, 1.807) is 18.2 Å². The third-order valence-corrected chi connectivity index (χ3v) is 6.63. The molecule has 9 heteroatoms. The third-order valence-electron chi connectivity index (χ3n) is 3.96. The van der Waals surface area contributed by atoms with Crippen molar-refractivity contribution in [1.29, 1.82) is 0 Å². The van der Waals surface area contributed by atoms with Crippen LogP contribution in [-0.2, 0) is 27.8 Å². The number of amides is 1. The Kier molecular flexibility index (Phi) is 6.46. The normalized spacial score (nSPS) is 11.4. The molecular weight excluding hydrogens is 418 g/mol. The van der Waals surface area contributed by atoms with Gasteiger partial charge in [-0.1, -0.05) is 41.9 Å². The summed E-state index contributed by atoms with van der Waals surface area (Å²) in [5.74, 6) is -0.196. The smallest absolute Gasteiger partial charge is 0.240 e. The van der Waals surface area contributed by atoms with E-state index in [-0.39, 0.29) is 23.8 Å². The number of benzene rings is 2. The zero-order chi connectivity index (χ0) is 20.1. The molecule has 0 aliphatic rings. The van der Waals surface area contributed by atoms with Crippen molar-refractivity contribution in [1.82, 2.24) is 15.0 Å². The van der Waals surface area contributed by atoms with Gasteiger partial charge < -0.3 is 5.32 Å². The van der Waals surface area contributed by atoms with Crippen molar-refractivity contribution in [2.45, 2.75) is 17.9 Å². The Morgan fingerprint density at radius 2 is 1.96 bits per heavy atom. The summed E-state index contributed by atoms with van der Waals surface area (Å²) in [7, 11) is -2.16. The highest BCUT2D eigenvalue weighted by atomic mass is 35.5. The SMILES string of the molecule is CNS(=O)(=O)c1cccc(CNC(=O)Cc2csc(-c3ccccc3Cl)n2)c1. The van der Waals surface area contributed by atoms with E-state index < -0.39 is 10.0 Å². The number of nitrogens with zero attached hydrogens (tertiary/aromatic N) is 1. The summed E-state index contributed by atoms with van der Waals surface area (Å²) < 4.78 is 26.0. The van der Waals surface area contributed by atoms with E-state index in [1.807, 2.05) is 23.6 Å². The fourth-order valence-electron chi connectivity index (χ4n) is 2.51. The van der Waals surface area contributed by atoms with Crippen molar-refractivity contribution in [2.24, 2.45) is 0 Å². The highest BCUT2D eigenvalue weighted by molar-refractivity contribution is 7.89. The first-order chi connectivity index (χ1) is 13.4. The maximum Gasteiger partial charge on any atom is 0.240 e. The topological polar surface area (TPSA) is 88.2 Å². The fourth-order valence-corrected chi connectivity index (χ4v) is 4.45. The number of hydrogen-bond acceptors (Lipinski definition) is 5. The number of thiazole rings is 1. The van der Waals surface area contributed by atoms with Crippen LogP contribution in [0.4, 0.5) is 0 Å². The molecule has 6 nitrogen and oxygen atoms in total. The van der Waals surface area contributed by atoms with Gasteiger partial charge in [-0.25, -0.2) is 18.1 Å². The molecule has 146 valence electrons. The van der Waals surface area contributed by atoms with Crippen molar-refractivity contribution in [2.75, 3.05) is 7.05 Å². The van der Waals surface area contributed by atoms with Gasteiger partial charge in [0.15, 0.2) is 0 Å². The second-order valence-corrected chi connectivity index (χ2v) is 9.08. The first-order valence-corrected chi connectivity index (χ1v) is 11.1. The number of nitrogens with one attached hydrogen (secondary N) is 2. The summed E-state index contributed by atoms with van der Waals surface area (Å²) in [6, 6.07) is 13.9. The first kappa shape index (κ1) is 20.5. The predicted octanol–water partition coefficient (Wildman–Crippen LogP) is 3.23. The zero-order valence-corrected chi connectivity index (χ0v) is 17.4. The lowest BCUT2D eigenvalue weighted by atomic mass is 10.2. The summed E-state index contributed by atoms with van der Waals surface area (Å²) in [5.41, 5.74) is 2.19. The van der Waals surface area contributed by atoms with E-state index in [9.17, 15) is 13.2 Å². The molecule has 0 spiro atoms. The van der Waals surface area contributed by atoms with E-state index in [2.05, 4.69) is 15.0 Å². The summed E-state index contributed by atoms with van der Waals surface area (Å²) >= 11 is 7.62. The number of sulfonamides is 1. The zero-order valence-electron chi connectivity index (χ0n) is 15.0. The highest BCUT2D eigenvalue weighted by Crippen LogP contribution is 2.30. The second kappa shape index (κ2) is 8.83. The molecule has 0 bridgehead atoms. The minimum absolute atomic E-state index is 0.134. The molecule has 0 aliphatic carbocycles. The van der Waals surface area contributed by atoms with Crippen LogP contribution in [-0.4, -0.2) is 26.4 Å². The molecule has 0 unspecified atom stereocenters. The number of halogens is 1. The molecule has 1 heterocycles. The summed E-state index contributed by atoms with van der Waals surface area (Å²) in [6.07, 6.45) is 0.134. The number of hydrogen-bond donors (Lipinski definition) is 2. The van der Waals surface area contributed by atoms with Crippen molar-refractivity contribution in [3.05, 3.63) is 70.2 Å². The highest BCUT2D eigenvalue weighted by Gasteiger charge is 2.13. The maximum atomic E-state index is 12.2. The Balaban J connectivity index is 1.61. The Morgan fingerprint density at radius 1 is 1.18 bits per heavy atom. The molecule has 0 aliphatic heterocycles. The molecule has 28 heavy (non-hydrogen) atoms. The Morgan fingerprint density at radius 3 is 2.71 bits per heavy atom. The standard InChI is InChI=1S/C19H18ClN3O3S2/c1-21-28(25,26)15-6-4-5-13(9-15)11-22-18(24)10-14-12-27-19(23-14)16-7-2-3-8-17(16)20/h2-9,12,21H,10-11H2,1H3,(H,22,24). The molecular formula is C19H18ClN3O3S2. The van der Waals surface area contributed by atoms with Gasteiger partial charge in [-0.15, -0.1) is 11.3 Å². The molecule has 0 saturated carbocycles. The lowest BCUT2D eigenvalue weighted by Gasteiger charge is -2.07. The molecule has 0 radical (unpaired) electrons. The molecule has 1 aromatic heterocycles. The van der Waals surface area contributed by atoms with Gasteiger partial charge in [0, 0.05) is 17.5 Å². The monoisotopic (exact) mass is 435 g/mol. The number of aromatic nitrogens is 1. The van der Waals surface area contributed by atoms with E-state index in [0.717, 1.165) is 10.6 Å². The number of carbonyl (C=O) groups is 1. The van der Waals surface area contributed by atoms with Gasteiger partial charge in [-0.05, 0) is 30.8 Å². The first-order valence-electron chi connectivity index (χ1n) is 8.37. The van der Waals surface area contributed by atoms with Crippen LogP contribution in [0.2, 0.25) is 5.02 Å². The van der Waals surface area contributed by atoms with Gasteiger partial charge in [0.2, 0.25) is 15.9 Å². The van der Waals surface area contributed by atoms with Gasteiger partial charge in [0.1, 0.15) is 5.01 Å². The van der Waals surface area contributed by atoms with Gasteiger partial charge in [-0.2, -0.15) is 0 Å². The molecule has 0 fully saturated rings. The summed E-state index contributed by atoms with van der Waals surface area (Å²) in [5, 5.41) is 6.00. The largest absolute Gasteiger partial charge is 0.352 e. The van der Waals surface area contributed by atoms with E-state index in [0.29, 0.717) is 16.3 Å². The van der Waals surface area contributed by atoms with Crippen molar-refractivity contribution in [3.8, 4) is 10.6 Å². The van der Waals surface area contributed by atoms with Crippen LogP contribution in [0.5, 0.6) is 0 Å². The third kappa shape index (κ3) is 4.96. The molecule has 2 N–H and O–H groups in total. The summed E-state index contributed by atoms with van der Waals surface area (Å²) in [6.45, 7) is 0.230. The average molecular weight is 436 g/mol. The second-order valence-electron chi connectivity index (χ2n) is 5.93. The van der Waals surface area contributed by atoms with E-state index >= 15 is 0 Å². The maximum absolute atomic E-state index is 12.2. The van der Waals surface area contributed by atoms with Crippen molar-refractivity contribution in [3.63, 3.8) is 0 Å². The minimum Gasteiger partial charge on any atom is -0.352 e. The van der Waals surface area contributed by atoms with Crippen molar-refractivity contribution < 1.29 is 13.2 Å². The lowest BCUT2D eigenvalue weighted by Crippen LogP contribution is -2.25. The van der Waals surface area contributed by atoms with Crippen LogP contribution in [0.3, 0.4) is 0 Å². The van der Waals surface area contributed by atoms with Crippen LogP contribution < -0.4 is 10.0 Å². The fraction of sp³-hybridized carbons (Fsp3) is 0.158. The van der Waals surface area contributed by atoms with Crippen LogP contribution in [0, 0.1) is 0 Å². The number of carbonyl (C=O) groups excluding carboxylic acids is 1. The molecule has 0 saturated heterocycles. The molecule has 0 atom stereocenters. The quantitative estimate of drug-likeness (QED) is 0.596. The van der Waals surface area contributed by atoms with Crippen LogP contribution in [0.25, 0.3) is 10.6 Å². The van der Waals surface area contributed by atoms with E-state index in [1.165, 1.54) is 30.5 Å². The number of rotatable bonds is 7. The Bertz CT molecular complexity index is 1100. The molecule has 2 aromatic carbocycles. The Hall–Kier alpha value is -2.26. The summed E-state index contributed by atoms with van der Waals surface area (Å²) in [4.78, 5) is 16.9.